The highest BCUT2D eigenvalue weighted by molar-refractivity contribution is 5.94. The molecule has 1 rings (SSSR count). The van der Waals surface area contributed by atoms with Crippen molar-refractivity contribution in [3.05, 3.63) is 12.7 Å². The fourth-order valence-corrected chi connectivity index (χ4v) is 1.93. The molecule has 0 bridgehead atoms. The number of piperidine rings is 1. The van der Waals surface area contributed by atoms with Crippen LogP contribution in [0.3, 0.4) is 0 Å². The highest BCUT2D eigenvalue weighted by Gasteiger charge is 2.35. The zero-order valence-electron chi connectivity index (χ0n) is 8.60. The third-order valence-corrected chi connectivity index (χ3v) is 3.14. The zero-order valence-corrected chi connectivity index (χ0v) is 8.60. The normalized spacial score (nSPS) is 24.0. The average Bonchev–Trinajstić information content (AvgIpc) is 2.18. The highest BCUT2D eigenvalue weighted by atomic mass is 16.1. The first-order valence-electron chi connectivity index (χ1n) is 4.96. The van der Waals surface area contributed by atoms with Gasteiger partial charge < -0.3 is 5.32 Å². The van der Waals surface area contributed by atoms with Gasteiger partial charge in [-0.05, 0) is 37.9 Å². The van der Waals surface area contributed by atoms with Crippen LogP contribution in [0.5, 0.6) is 0 Å². The number of nitrogens with one attached hydrogen (secondary N) is 1. The molecule has 1 N–H and O–H groups in total. The van der Waals surface area contributed by atoms with E-state index >= 15 is 0 Å². The second-order valence-electron chi connectivity index (χ2n) is 4.33. The summed E-state index contributed by atoms with van der Waals surface area (Å²) in [5.41, 5.74) is -0.241. The first-order valence-corrected chi connectivity index (χ1v) is 4.96. The number of carbonyl (C=O) groups excluding carboxylic acids is 1. The Labute approximate surface area is 80.4 Å². The van der Waals surface area contributed by atoms with Gasteiger partial charge in [-0.2, -0.15) is 0 Å². The number of carbonyl (C=O) groups is 1. The summed E-state index contributed by atoms with van der Waals surface area (Å²) in [6.45, 7) is 9.65. The fraction of sp³-hybridized carbons (Fsp3) is 0.727. The summed E-state index contributed by atoms with van der Waals surface area (Å²) in [6, 6.07) is 0. The van der Waals surface area contributed by atoms with Crippen LogP contribution in [0.15, 0.2) is 12.7 Å². The average molecular weight is 181 g/mol. The molecular formula is C11H19NO. The lowest BCUT2D eigenvalue weighted by Gasteiger charge is -2.35. The van der Waals surface area contributed by atoms with E-state index in [4.69, 9.17) is 0 Å². The third kappa shape index (κ3) is 2.19. The number of rotatable bonds is 3. The molecule has 1 saturated heterocycles. The number of hydrogen-bond acceptors (Lipinski definition) is 2. The molecule has 1 fully saturated rings. The minimum atomic E-state index is -0.241. The van der Waals surface area contributed by atoms with Crippen molar-refractivity contribution >= 4 is 5.78 Å². The molecule has 0 aliphatic carbocycles. The van der Waals surface area contributed by atoms with Gasteiger partial charge in [-0.25, -0.2) is 0 Å². The molecule has 0 aromatic rings. The van der Waals surface area contributed by atoms with E-state index in [-0.39, 0.29) is 11.2 Å². The van der Waals surface area contributed by atoms with Crippen LogP contribution in [-0.2, 0) is 4.79 Å². The topological polar surface area (TPSA) is 29.1 Å². The molecule has 0 aromatic carbocycles. The molecule has 2 heteroatoms. The van der Waals surface area contributed by atoms with Gasteiger partial charge in [-0.3, -0.25) is 4.79 Å². The molecular weight excluding hydrogens is 162 g/mol. The first-order chi connectivity index (χ1) is 6.09. The molecule has 1 aliphatic heterocycles. The Balaban J connectivity index is 2.66. The number of hydrogen-bond donors (Lipinski definition) is 1. The largest absolute Gasteiger partial charge is 0.316 e. The monoisotopic (exact) mass is 181 g/mol. The Morgan fingerprint density at radius 2 is 2.31 bits per heavy atom. The molecule has 0 amide bonds. The van der Waals surface area contributed by atoms with Crippen LogP contribution in [0.4, 0.5) is 0 Å². The van der Waals surface area contributed by atoms with Crippen LogP contribution < -0.4 is 5.32 Å². The van der Waals surface area contributed by atoms with Crippen LogP contribution in [0.1, 0.15) is 26.7 Å². The molecule has 1 aliphatic rings. The van der Waals surface area contributed by atoms with Crippen LogP contribution in [-0.4, -0.2) is 18.9 Å². The Morgan fingerprint density at radius 1 is 1.62 bits per heavy atom. The predicted octanol–water partition coefficient (Wildman–Crippen LogP) is 1.77. The van der Waals surface area contributed by atoms with E-state index in [1.807, 2.05) is 13.8 Å². The quantitative estimate of drug-likeness (QED) is 0.672. The van der Waals surface area contributed by atoms with Gasteiger partial charge in [-0.15, -0.1) is 0 Å². The fourth-order valence-electron chi connectivity index (χ4n) is 1.93. The smallest absolute Gasteiger partial charge is 0.161 e. The number of allylic oxidation sites excluding steroid dienone is 1. The summed E-state index contributed by atoms with van der Waals surface area (Å²) < 4.78 is 0. The van der Waals surface area contributed by atoms with Crippen molar-refractivity contribution < 1.29 is 4.79 Å². The maximum atomic E-state index is 11.6. The van der Waals surface area contributed by atoms with E-state index in [9.17, 15) is 4.79 Å². The first kappa shape index (κ1) is 10.5. The van der Waals surface area contributed by atoms with Crippen molar-refractivity contribution in [3.8, 4) is 0 Å². The summed E-state index contributed by atoms with van der Waals surface area (Å²) in [7, 11) is 0. The van der Waals surface area contributed by atoms with Gasteiger partial charge in [0, 0.05) is 5.41 Å². The summed E-state index contributed by atoms with van der Waals surface area (Å²) >= 11 is 0. The second-order valence-corrected chi connectivity index (χ2v) is 4.33. The zero-order chi connectivity index (χ0) is 9.90. The molecule has 0 spiro atoms. The van der Waals surface area contributed by atoms with Crippen molar-refractivity contribution in [3.63, 3.8) is 0 Å². The SMILES string of the molecule is C=CC(=O)C(C)(C)C1CCCNC1. The Bertz CT molecular complexity index is 202. The number of ketones is 1. The lowest BCUT2D eigenvalue weighted by atomic mass is 9.72. The van der Waals surface area contributed by atoms with Gasteiger partial charge in [-0.1, -0.05) is 20.4 Å². The molecule has 1 atom stereocenters. The minimum Gasteiger partial charge on any atom is -0.316 e. The Morgan fingerprint density at radius 3 is 2.77 bits per heavy atom. The van der Waals surface area contributed by atoms with E-state index in [0.717, 1.165) is 19.5 Å². The second kappa shape index (κ2) is 4.05. The van der Waals surface area contributed by atoms with Crippen molar-refractivity contribution in [2.45, 2.75) is 26.7 Å². The molecule has 0 aromatic heterocycles. The van der Waals surface area contributed by atoms with Gasteiger partial charge >= 0.3 is 0 Å². The van der Waals surface area contributed by atoms with Gasteiger partial charge in [0.1, 0.15) is 0 Å². The molecule has 74 valence electrons. The van der Waals surface area contributed by atoms with Crippen molar-refractivity contribution in [2.24, 2.45) is 11.3 Å². The molecule has 1 heterocycles. The van der Waals surface area contributed by atoms with Crippen LogP contribution in [0.2, 0.25) is 0 Å². The third-order valence-electron chi connectivity index (χ3n) is 3.14. The summed E-state index contributed by atoms with van der Waals surface area (Å²) in [5, 5.41) is 3.33. The van der Waals surface area contributed by atoms with E-state index in [1.54, 1.807) is 0 Å². The van der Waals surface area contributed by atoms with Crippen LogP contribution in [0, 0.1) is 11.3 Å². The Kier molecular flexibility index (Phi) is 3.26. The molecule has 13 heavy (non-hydrogen) atoms. The highest BCUT2D eigenvalue weighted by Crippen LogP contribution is 2.32. The molecule has 2 nitrogen and oxygen atoms in total. The molecule has 0 radical (unpaired) electrons. The van der Waals surface area contributed by atoms with E-state index in [2.05, 4.69) is 11.9 Å². The molecule has 0 saturated carbocycles. The van der Waals surface area contributed by atoms with Gasteiger partial charge in [0.2, 0.25) is 0 Å². The van der Waals surface area contributed by atoms with Crippen molar-refractivity contribution in [1.29, 1.82) is 0 Å². The standard InChI is InChI=1S/C11H19NO/c1-4-10(13)11(2,3)9-6-5-7-12-8-9/h4,9,12H,1,5-8H2,2-3H3. The predicted molar refractivity (Wildman–Crippen MR) is 54.6 cm³/mol. The van der Waals surface area contributed by atoms with Gasteiger partial charge in [0.15, 0.2) is 5.78 Å². The van der Waals surface area contributed by atoms with Crippen molar-refractivity contribution in [2.75, 3.05) is 13.1 Å². The lowest BCUT2D eigenvalue weighted by molar-refractivity contribution is -0.125. The molecule has 1 unspecified atom stereocenters. The van der Waals surface area contributed by atoms with E-state index in [1.165, 1.54) is 12.5 Å². The minimum absolute atomic E-state index is 0.168. The maximum Gasteiger partial charge on any atom is 0.161 e. The Hall–Kier alpha value is -0.630. The summed E-state index contributed by atoms with van der Waals surface area (Å²) in [5.74, 6) is 0.632. The van der Waals surface area contributed by atoms with Crippen molar-refractivity contribution in [1.82, 2.24) is 5.32 Å². The van der Waals surface area contributed by atoms with E-state index in [0.29, 0.717) is 5.92 Å². The summed E-state index contributed by atoms with van der Waals surface area (Å²) in [4.78, 5) is 11.6. The van der Waals surface area contributed by atoms with Gasteiger partial charge in [0.05, 0.1) is 0 Å². The van der Waals surface area contributed by atoms with Gasteiger partial charge in [0.25, 0.3) is 0 Å². The maximum absolute atomic E-state index is 11.6. The van der Waals surface area contributed by atoms with Crippen LogP contribution in [0.25, 0.3) is 0 Å². The van der Waals surface area contributed by atoms with Crippen LogP contribution >= 0.6 is 0 Å². The lowest BCUT2D eigenvalue weighted by Crippen LogP contribution is -2.41. The summed E-state index contributed by atoms with van der Waals surface area (Å²) in [6.07, 6.45) is 3.78. The van der Waals surface area contributed by atoms with E-state index < -0.39 is 0 Å².